The number of halogens is 1. The van der Waals surface area contributed by atoms with Gasteiger partial charge in [0.1, 0.15) is 5.75 Å². The zero-order valence-electron chi connectivity index (χ0n) is 10.6. The molecule has 0 aliphatic heterocycles. The predicted octanol–water partition coefficient (Wildman–Crippen LogP) is 3.32. The zero-order valence-corrected chi connectivity index (χ0v) is 10.6. The van der Waals surface area contributed by atoms with Gasteiger partial charge in [0.2, 0.25) is 0 Å². The van der Waals surface area contributed by atoms with E-state index < -0.39 is 5.82 Å². The molecule has 0 atom stereocenters. The van der Waals surface area contributed by atoms with E-state index in [9.17, 15) is 9.18 Å². The second-order valence-electron chi connectivity index (χ2n) is 3.90. The van der Waals surface area contributed by atoms with E-state index in [1.165, 1.54) is 14.2 Å². The molecule has 0 heterocycles. The van der Waals surface area contributed by atoms with E-state index in [4.69, 9.17) is 9.47 Å². The number of hydrogen-bond donors (Lipinski definition) is 0. The summed E-state index contributed by atoms with van der Waals surface area (Å²) in [6.07, 6.45) is 0.681. The quantitative estimate of drug-likeness (QED) is 0.791. The Labute approximate surface area is 110 Å². The first kappa shape index (κ1) is 13.1. The van der Waals surface area contributed by atoms with E-state index in [1.807, 2.05) is 0 Å². The summed E-state index contributed by atoms with van der Waals surface area (Å²) >= 11 is 0. The molecule has 0 aliphatic rings. The molecule has 0 amide bonds. The van der Waals surface area contributed by atoms with Crippen LogP contribution < -0.4 is 9.47 Å². The maximum Gasteiger partial charge on any atom is 0.172 e. The van der Waals surface area contributed by atoms with Crippen LogP contribution in [0.1, 0.15) is 10.4 Å². The van der Waals surface area contributed by atoms with Gasteiger partial charge in [0.05, 0.1) is 19.8 Å². The van der Waals surface area contributed by atoms with Crippen LogP contribution in [0, 0.1) is 5.82 Å². The first-order valence-corrected chi connectivity index (χ1v) is 5.67. The number of ether oxygens (including phenoxy) is 2. The highest BCUT2D eigenvalue weighted by Gasteiger charge is 2.12. The highest BCUT2D eigenvalue weighted by molar-refractivity contribution is 5.83. The molecule has 2 aromatic carbocycles. The van der Waals surface area contributed by atoms with E-state index in [2.05, 4.69) is 0 Å². The summed E-state index contributed by atoms with van der Waals surface area (Å²) in [5.41, 5.74) is 1.35. The summed E-state index contributed by atoms with van der Waals surface area (Å²) in [5, 5.41) is 0. The lowest BCUT2D eigenvalue weighted by molar-refractivity contribution is 0.112. The van der Waals surface area contributed by atoms with Gasteiger partial charge < -0.3 is 9.47 Å². The number of hydrogen-bond acceptors (Lipinski definition) is 3. The van der Waals surface area contributed by atoms with Crippen molar-refractivity contribution in [3.8, 4) is 22.6 Å². The van der Waals surface area contributed by atoms with E-state index in [1.54, 1.807) is 36.4 Å². The molecular weight excluding hydrogens is 247 g/mol. The van der Waals surface area contributed by atoms with Crippen LogP contribution >= 0.6 is 0 Å². The van der Waals surface area contributed by atoms with Crippen LogP contribution in [0.5, 0.6) is 11.5 Å². The molecule has 98 valence electrons. The third-order valence-electron chi connectivity index (χ3n) is 2.85. The minimum atomic E-state index is -0.452. The standard InChI is InChI=1S/C15H13FO3/c1-18-13-7-6-10(8-11(13)9-17)12-4-3-5-14(19-2)15(12)16/h3-9H,1-2H3. The minimum Gasteiger partial charge on any atom is -0.496 e. The number of benzene rings is 2. The van der Waals surface area contributed by atoms with Crippen LogP contribution in [0.2, 0.25) is 0 Å². The Morgan fingerprint density at radius 2 is 1.79 bits per heavy atom. The molecule has 0 aliphatic carbocycles. The minimum absolute atomic E-state index is 0.168. The van der Waals surface area contributed by atoms with Gasteiger partial charge in [0.15, 0.2) is 17.9 Å². The number of aldehydes is 1. The van der Waals surface area contributed by atoms with Gasteiger partial charge in [-0.3, -0.25) is 4.79 Å². The van der Waals surface area contributed by atoms with Gasteiger partial charge in [-0.1, -0.05) is 18.2 Å². The van der Waals surface area contributed by atoms with Crippen molar-refractivity contribution in [1.82, 2.24) is 0 Å². The SMILES string of the molecule is COc1ccc(-c2cccc(OC)c2F)cc1C=O. The van der Waals surface area contributed by atoms with Gasteiger partial charge >= 0.3 is 0 Å². The Morgan fingerprint density at radius 1 is 1.05 bits per heavy atom. The normalized spacial score (nSPS) is 10.1. The van der Waals surface area contributed by atoms with Crippen molar-refractivity contribution in [2.75, 3.05) is 14.2 Å². The number of rotatable bonds is 4. The van der Waals surface area contributed by atoms with Crippen LogP contribution in [-0.4, -0.2) is 20.5 Å². The van der Waals surface area contributed by atoms with Gasteiger partial charge in [-0.25, -0.2) is 4.39 Å². The second kappa shape index (κ2) is 5.52. The van der Waals surface area contributed by atoms with Crippen LogP contribution in [0.3, 0.4) is 0 Å². The molecule has 2 rings (SSSR count). The fraction of sp³-hybridized carbons (Fsp3) is 0.133. The third kappa shape index (κ3) is 2.42. The molecule has 0 unspecified atom stereocenters. The molecule has 0 saturated heterocycles. The summed E-state index contributed by atoms with van der Waals surface area (Å²) in [7, 11) is 2.89. The topological polar surface area (TPSA) is 35.5 Å². The van der Waals surface area contributed by atoms with E-state index in [-0.39, 0.29) is 5.75 Å². The molecular formula is C15H13FO3. The molecule has 4 heteroatoms. The second-order valence-corrected chi connectivity index (χ2v) is 3.90. The predicted molar refractivity (Wildman–Crippen MR) is 70.3 cm³/mol. The largest absolute Gasteiger partial charge is 0.496 e. The molecule has 3 nitrogen and oxygen atoms in total. The van der Waals surface area contributed by atoms with E-state index in [0.29, 0.717) is 28.7 Å². The van der Waals surface area contributed by atoms with Crippen LogP contribution in [0.15, 0.2) is 36.4 Å². The van der Waals surface area contributed by atoms with Gasteiger partial charge in [-0.15, -0.1) is 0 Å². The fourth-order valence-electron chi connectivity index (χ4n) is 1.89. The Kier molecular flexibility index (Phi) is 3.80. The van der Waals surface area contributed by atoms with Crippen molar-refractivity contribution >= 4 is 6.29 Å². The average molecular weight is 260 g/mol. The van der Waals surface area contributed by atoms with E-state index in [0.717, 1.165) is 0 Å². The highest BCUT2D eigenvalue weighted by Crippen LogP contribution is 2.31. The van der Waals surface area contributed by atoms with Crippen molar-refractivity contribution < 1.29 is 18.7 Å². The molecule has 0 radical (unpaired) electrons. The summed E-state index contributed by atoms with van der Waals surface area (Å²) < 4.78 is 24.1. The molecule has 2 aromatic rings. The highest BCUT2D eigenvalue weighted by atomic mass is 19.1. The Balaban J connectivity index is 2.56. The summed E-state index contributed by atoms with van der Waals surface area (Å²) in [5.74, 6) is 0.176. The lowest BCUT2D eigenvalue weighted by Crippen LogP contribution is -1.94. The first-order chi connectivity index (χ1) is 9.21. The van der Waals surface area contributed by atoms with Crippen LogP contribution in [-0.2, 0) is 0 Å². The number of carbonyl (C=O) groups excluding carboxylic acids is 1. The number of carbonyl (C=O) groups is 1. The van der Waals surface area contributed by atoms with Gasteiger partial charge in [-0.2, -0.15) is 0 Å². The summed E-state index contributed by atoms with van der Waals surface area (Å²) in [6.45, 7) is 0. The molecule has 19 heavy (non-hydrogen) atoms. The maximum atomic E-state index is 14.1. The molecule has 0 aromatic heterocycles. The van der Waals surface area contributed by atoms with Gasteiger partial charge in [0, 0.05) is 5.56 Å². The monoisotopic (exact) mass is 260 g/mol. The zero-order chi connectivity index (χ0) is 13.8. The van der Waals surface area contributed by atoms with Gasteiger partial charge in [-0.05, 0) is 23.8 Å². The number of methoxy groups -OCH3 is 2. The lowest BCUT2D eigenvalue weighted by Gasteiger charge is -2.09. The van der Waals surface area contributed by atoms with Crippen LogP contribution in [0.4, 0.5) is 4.39 Å². The van der Waals surface area contributed by atoms with Crippen molar-refractivity contribution in [3.63, 3.8) is 0 Å². The van der Waals surface area contributed by atoms with E-state index >= 15 is 0 Å². The molecule has 0 fully saturated rings. The summed E-state index contributed by atoms with van der Waals surface area (Å²) in [4.78, 5) is 11.0. The Morgan fingerprint density at radius 3 is 2.42 bits per heavy atom. The maximum absolute atomic E-state index is 14.1. The van der Waals surface area contributed by atoms with Crippen molar-refractivity contribution in [3.05, 3.63) is 47.8 Å². The Hall–Kier alpha value is -2.36. The van der Waals surface area contributed by atoms with Crippen molar-refractivity contribution in [1.29, 1.82) is 0 Å². The van der Waals surface area contributed by atoms with Crippen molar-refractivity contribution in [2.45, 2.75) is 0 Å². The first-order valence-electron chi connectivity index (χ1n) is 5.67. The lowest BCUT2D eigenvalue weighted by atomic mass is 10.0. The third-order valence-corrected chi connectivity index (χ3v) is 2.85. The Bertz CT molecular complexity index is 608. The summed E-state index contributed by atoms with van der Waals surface area (Å²) in [6, 6.07) is 9.80. The molecule has 0 N–H and O–H groups in total. The van der Waals surface area contributed by atoms with Crippen molar-refractivity contribution in [2.24, 2.45) is 0 Å². The molecule has 0 spiro atoms. The fourth-order valence-corrected chi connectivity index (χ4v) is 1.89. The molecule has 0 bridgehead atoms. The van der Waals surface area contributed by atoms with Crippen LogP contribution in [0.25, 0.3) is 11.1 Å². The van der Waals surface area contributed by atoms with Gasteiger partial charge in [0.25, 0.3) is 0 Å². The smallest absolute Gasteiger partial charge is 0.172 e. The average Bonchev–Trinajstić information content (AvgIpc) is 2.46. The molecule has 0 saturated carbocycles.